The number of hydrogen-bond donors (Lipinski definition) is 1. The molecule has 104 valence electrons. The van der Waals surface area contributed by atoms with E-state index >= 15 is 0 Å². The van der Waals surface area contributed by atoms with Crippen molar-refractivity contribution in [2.75, 3.05) is 16.6 Å². The first-order chi connectivity index (χ1) is 7.63. The van der Waals surface area contributed by atoms with E-state index in [-0.39, 0.29) is 30.6 Å². The summed E-state index contributed by atoms with van der Waals surface area (Å²) in [6.45, 7) is 0.942. The Kier molecular flexibility index (Phi) is 6.91. The lowest BCUT2D eigenvalue weighted by Gasteiger charge is -2.27. The molecule has 1 aliphatic heterocycles. The molecule has 2 heterocycles. The molecule has 1 saturated heterocycles. The third-order valence-corrected chi connectivity index (χ3v) is 4.50. The molecule has 1 fully saturated rings. The fourth-order valence-electron chi connectivity index (χ4n) is 1.73. The van der Waals surface area contributed by atoms with Gasteiger partial charge in [0.1, 0.15) is 5.82 Å². The van der Waals surface area contributed by atoms with E-state index in [9.17, 15) is 8.42 Å². The van der Waals surface area contributed by atoms with Crippen LogP contribution in [0.25, 0.3) is 0 Å². The third-order valence-electron chi connectivity index (χ3n) is 2.65. The van der Waals surface area contributed by atoms with E-state index in [0.29, 0.717) is 18.9 Å². The molecule has 0 aliphatic carbocycles. The topological polar surface area (TPSA) is 76.3 Å². The maximum atomic E-state index is 11.8. The second-order valence-electron chi connectivity index (χ2n) is 3.82. The summed E-state index contributed by atoms with van der Waals surface area (Å²) in [4.78, 5) is 4.14. The summed E-state index contributed by atoms with van der Waals surface area (Å²) in [5.41, 5.74) is 6.36. The van der Waals surface area contributed by atoms with Gasteiger partial charge in [0.2, 0.25) is 10.0 Å². The molecule has 1 aromatic heterocycles. The van der Waals surface area contributed by atoms with Gasteiger partial charge in [-0.2, -0.15) is 0 Å². The molecule has 0 saturated carbocycles. The number of pyridine rings is 1. The first-order valence-electron chi connectivity index (χ1n) is 5.29. The van der Waals surface area contributed by atoms with Gasteiger partial charge in [-0.05, 0) is 24.5 Å². The molecule has 18 heavy (non-hydrogen) atoms. The molecular weight excluding hydrogens is 297 g/mol. The molecule has 0 spiro atoms. The summed E-state index contributed by atoms with van der Waals surface area (Å²) in [7, 11) is -3.16. The van der Waals surface area contributed by atoms with Crippen LogP contribution < -0.4 is 10.0 Å². The van der Waals surface area contributed by atoms with Crippen LogP contribution in [0, 0.1) is 0 Å². The highest BCUT2D eigenvalue weighted by Crippen LogP contribution is 2.21. The number of sulfonamides is 1. The van der Waals surface area contributed by atoms with Gasteiger partial charge in [-0.15, -0.1) is 24.8 Å². The van der Waals surface area contributed by atoms with Crippen LogP contribution in [0.3, 0.4) is 0 Å². The Morgan fingerprint density at radius 3 is 2.50 bits per heavy atom. The van der Waals surface area contributed by atoms with Crippen LogP contribution in [0.2, 0.25) is 0 Å². The van der Waals surface area contributed by atoms with Crippen molar-refractivity contribution in [1.29, 1.82) is 0 Å². The van der Waals surface area contributed by atoms with Gasteiger partial charge < -0.3 is 5.73 Å². The zero-order chi connectivity index (χ0) is 11.6. The quantitative estimate of drug-likeness (QED) is 0.893. The molecule has 2 N–H and O–H groups in total. The van der Waals surface area contributed by atoms with Gasteiger partial charge in [0.15, 0.2) is 0 Å². The molecule has 5 nitrogen and oxygen atoms in total. The minimum atomic E-state index is -3.16. The van der Waals surface area contributed by atoms with Crippen molar-refractivity contribution in [2.24, 2.45) is 5.73 Å². The van der Waals surface area contributed by atoms with Gasteiger partial charge >= 0.3 is 0 Å². The predicted octanol–water partition coefficient (Wildman–Crippen LogP) is 1.31. The fourth-order valence-corrected chi connectivity index (χ4v) is 3.32. The van der Waals surface area contributed by atoms with E-state index in [0.717, 1.165) is 18.4 Å². The van der Waals surface area contributed by atoms with Crippen molar-refractivity contribution < 1.29 is 8.42 Å². The Hall–Kier alpha value is -0.560. The highest BCUT2D eigenvalue weighted by atomic mass is 35.5. The van der Waals surface area contributed by atoms with Gasteiger partial charge in [-0.3, -0.25) is 4.31 Å². The van der Waals surface area contributed by atoms with E-state index in [2.05, 4.69) is 4.98 Å². The number of hydrogen-bond acceptors (Lipinski definition) is 4. The Morgan fingerprint density at radius 1 is 1.28 bits per heavy atom. The van der Waals surface area contributed by atoms with Crippen LogP contribution in [-0.4, -0.2) is 25.7 Å². The van der Waals surface area contributed by atoms with Crippen molar-refractivity contribution in [3.63, 3.8) is 0 Å². The highest BCUT2D eigenvalue weighted by molar-refractivity contribution is 7.92. The number of nitrogens with two attached hydrogens (primary N) is 1. The van der Waals surface area contributed by atoms with Crippen molar-refractivity contribution in [2.45, 2.75) is 19.4 Å². The second kappa shape index (κ2) is 7.13. The van der Waals surface area contributed by atoms with E-state index < -0.39 is 10.0 Å². The van der Waals surface area contributed by atoms with E-state index in [1.165, 1.54) is 4.31 Å². The number of halogens is 2. The molecule has 0 atom stereocenters. The van der Waals surface area contributed by atoms with Crippen LogP contribution in [0.1, 0.15) is 18.4 Å². The number of aromatic nitrogens is 1. The standard InChI is InChI=1S/C10H15N3O2S.2ClH/c11-7-9-3-4-10(12-8-9)13-5-1-2-6-16(13,14)15;;/h3-4,8H,1-2,5-7,11H2;2*1H. The van der Waals surface area contributed by atoms with E-state index in [1.54, 1.807) is 12.3 Å². The molecule has 0 unspecified atom stereocenters. The Balaban J connectivity index is 0.00000144. The zero-order valence-electron chi connectivity index (χ0n) is 9.78. The zero-order valence-corrected chi connectivity index (χ0v) is 12.2. The number of rotatable bonds is 2. The second-order valence-corrected chi connectivity index (χ2v) is 5.84. The Morgan fingerprint density at radius 2 is 2.00 bits per heavy atom. The maximum absolute atomic E-state index is 11.8. The maximum Gasteiger partial charge on any atom is 0.236 e. The Labute approximate surface area is 120 Å². The van der Waals surface area contributed by atoms with Crippen LogP contribution in [-0.2, 0) is 16.6 Å². The van der Waals surface area contributed by atoms with Crippen LogP contribution in [0.4, 0.5) is 5.82 Å². The van der Waals surface area contributed by atoms with Gasteiger partial charge in [0.25, 0.3) is 0 Å². The Bertz CT molecular complexity index is 465. The minimum absolute atomic E-state index is 0. The first-order valence-corrected chi connectivity index (χ1v) is 6.90. The molecule has 1 aromatic rings. The van der Waals surface area contributed by atoms with Crippen molar-refractivity contribution in [1.82, 2.24) is 4.98 Å². The first kappa shape index (κ1) is 17.4. The molecule has 8 heteroatoms. The van der Waals surface area contributed by atoms with Crippen LogP contribution in [0.15, 0.2) is 18.3 Å². The molecule has 0 radical (unpaired) electrons. The average molecular weight is 314 g/mol. The lowest BCUT2D eigenvalue weighted by atomic mass is 10.3. The summed E-state index contributed by atoms with van der Waals surface area (Å²) in [5, 5.41) is 0. The monoisotopic (exact) mass is 313 g/mol. The van der Waals surface area contributed by atoms with Gasteiger partial charge in [0, 0.05) is 19.3 Å². The van der Waals surface area contributed by atoms with Crippen LogP contribution in [0.5, 0.6) is 0 Å². The van der Waals surface area contributed by atoms with Crippen molar-refractivity contribution >= 4 is 40.7 Å². The number of anilines is 1. The molecule has 0 aromatic carbocycles. The molecule has 0 bridgehead atoms. The summed E-state index contributed by atoms with van der Waals surface area (Å²) in [5.74, 6) is 0.713. The van der Waals surface area contributed by atoms with Gasteiger partial charge in [-0.25, -0.2) is 13.4 Å². The predicted molar refractivity (Wildman–Crippen MR) is 77.0 cm³/mol. The van der Waals surface area contributed by atoms with E-state index in [1.807, 2.05) is 6.07 Å². The largest absolute Gasteiger partial charge is 0.326 e. The summed E-state index contributed by atoms with van der Waals surface area (Å²) in [6.07, 6.45) is 3.25. The third kappa shape index (κ3) is 3.71. The van der Waals surface area contributed by atoms with Crippen LogP contribution >= 0.6 is 24.8 Å². The molecule has 2 rings (SSSR count). The number of nitrogens with zero attached hydrogens (tertiary/aromatic N) is 2. The van der Waals surface area contributed by atoms with Gasteiger partial charge in [0.05, 0.1) is 5.75 Å². The van der Waals surface area contributed by atoms with Crippen molar-refractivity contribution in [3.05, 3.63) is 23.9 Å². The fraction of sp³-hybridized carbons (Fsp3) is 0.500. The molecule has 0 amide bonds. The molecular formula is C10H17Cl2N3O2S. The average Bonchev–Trinajstić information content (AvgIpc) is 2.29. The molecule has 1 aliphatic rings. The lowest BCUT2D eigenvalue weighted by molar-refractivity contribution is 0.573. The SMILES string of the molecule is Cl.Cl.NCc1ccc(N2CCCCS2(=O)=O)nc1. The minimum Gasteiger partial charge on any atom is -0.326 e. The van der Waals surface area contributed by atoms with Crippen molar-refractivity contribution in [3.8, 4) is 0 Å². The summed E-state index contributed by atoms with van der Waals surface area (Å²) in [6, 6.07) is 3.53. The summed E-state index contributed by atoms with van der Waals surface area (Å²) < 4.78 is 25.0. The summed E-state index contributed by atoms with van der Waals surface area (Å²) >= 11 is 0. The highest BCUT2D eigenvalue weighted by Gasteiger charge is 2.26. The lowest BCUT2D eigenvalue weighted by Crippen LogP contribution is -2.38. The van der Waals surface area contributed by atoms with Gasteiger partial charge in [-0.1, -0.05) is 6.07 Å². The smallest absolute Gasteiger partial charge is 0.236 e. The normalized spacial score (nSPS) is 17.5. The van der Waals surface area contributed by atoms with E-state index in [4.69, 9.17) is 5.73 Å².